The molecule has 0 fully saturated rings. The molecule has 0 aliphatic carbocycles. The van der Waals surface area contributed by atoms with E-state index in [9.17, 15) is 9.90 Å². The molecule has 5 heteroatoms. The minimum atomic E-state index is -0.635. The van der Waals surface area contributed by atoms with Crippen LogP contribution < -0.4 is 5.32 Å². The highest BCUT2D eigenvalue weighted by atomic mass is 32.2. The Balaban J connectivity index is 1.64. The highest BCUT2D eigenvalue weighted by Gasteiger charge is 2.27. The van der Waals surface area contributed by atoms with E-state index in [1.54, 1.807) is 23.1 Å². The van der Waals surface area contributed by atoms with Gasteiger partial charge >= 0.3 is 0 Å². The van der Waals surface area contributed by atoms with Crippen molar-refractivity contribution in [2.45, 2.75) is 17.8 Å². The zero-order valence-electron chi connectivity index (χ0n) is 11.5. The van der Waals surface area contributed by atoms with E-state index in [4.69, 9.17) is 0 Å². The van der Waals surface area contributed by atoms with Crippen LogP contribution in [0.4, 0.5) is 0 Å². The van der Waals surface area contributed by atoms with E-state index < -0.39 is 6.10 Å². The number of carbonyl (C=O) groups is 1. The fourth-order valence-electron chi connectivity index (χ4n) is 2.48. The number of aliphatic hydroxyl groups is 1. The van der Waals surface area contributed by atoms with E-state index in [-0.39, 0.29) is 17.7 Å². The standard InChI is InChI=1S/C16H17NO2S2/c18-14(12-5-7-20-10-12)9-17-16(19)15-13-4-2-1-3-11(13)6-8-21-15/h1-5,7,10,14-15,18H,6,8-9H2,(H,17,19). The van der Waals surface area contributed by atoms with Crippen molar-refractivity contribution in [1.82, 2.24) is 5.32 Å². The van der Waals surface area contributed by atoms with Gasteiger partial charge in [-0.1, -0.05) is 24.3 Å². The highest BCUT2D eigenvalue weighted by molar-refractivity contribution is 8.00. The summed E-state index contributed by atoms with van der Waals surface area (Å²) in [5, 5.41) is 16.6. The van der Waals surface area contributed by atoms with Gasteiger partial charge in [0.1, 0.15) is 5.25 Å². The molecule has 1 aliphatic rings. The summed E-state index contributed by atoms with van der Waals surface area (Å²) in [5.41, 5.74) is 3.23. The van der Waals surface area contributed by atoms with Crippen LogP contribution in [0.5, 0.6) is 0 Å². The van der Waals surface area contributed by atoms with E-state index in [1.165, 1.54) is 5.56 Å². The number of amides is 1. The van der Waals surface area contributed by atoms with E-state index in [1.807, 2.05) is 35.0 Å². The van der Waals surface area contributed by atoms with Gasteiger partial charge in [0.05, 0.1) is 6.10 Å². The van der Waals surface area contributed by atoms with E-state index in [0.29, 0.717) is 0 Å². The molecule has 0 radical (unpaired) electrons. The number of hydrogen-bond donors (Lipinski definition) is 2. The minimum Gasteiger partial charge on any atom is -0.387 e. The maximum atomic E-state index is 12.4. The molecule has 1 aromatic heterocycles. The third-order valence-electron chi connectivity index (χ3n) is 3.63. The van der Waals surface area contributed by atoms with Crippen molar-refractivity contribution < 1.29 is 9.90 Å². The van der Waals surface area contributed by atoms with Gasteiger partial charge < -0.3 is 10.4 Å². The van der Waals surface area contributed by atoms with Crippen molar-refractivity contribution in [1.29, 1.82) is 0 Å². The number of thioether (sulfide) groups is 1. The van der Waals surface area contributed by atoms with Crippen molar-refractivity contribution in [3.63, 3.8) is 0 Å². The number of hydrogen-bond acceptors (Lipinski definition) is 4. The SMILES string of the molecule is O=C(NCC(O)c1ccsc1)C1SCCc2ccccc21. The summed E-state index contributed by atoms with van der Waals surface area (Å²) in [6.45, 7) is 0.259. The second-order valence-corrected chi connectivity index (χ2v) is 7.01. The third-order valence-corrected chi connectivity index (χ3v) is 5.57. The van der Waals surface area contributed by atoms with Crippen LogP contribution >= 0.6 is 23.1 Å². The molecule has 3 nitrogen and oxygen atoms in total. The first-order chi connectivity index (χ1) is 10.3. The lowest BCUT2D eigenvalue weighted by Gasteiger charge is -2.24. The molecule has 3 rings (SSSR count). The molecule has 0 bridgehead atoms. The number of aryl methyl sites for hydroxylation is 1. The molecule has 1 aromatic carbocycles. The summed E-state index contributed by atoms with van der Waals surface area (Å²) in [7, 11) is 0. The first-order valence-electron chi connectivity index (χ1n) is 6.93. The van der Waals surface area contributed by atoms with Crippen LogP contribution in [0.2, 0.25) is 0 Å². The number of nitrogens with one attached hydrogen (secondary N) is 1. The lowest BCUT2D eigenvalue weighted by atomic mass is 10.0. The molecule has 2 aromatic rings. The Morgan fingerprint density at radius 3 is 3.05 bits per heavy atom. The predicted octanol–water partition coefficient (Wildman–Crippen LogP) is 2.93. The van der Waals surface area contributed by atoms with Crippen LogP contribution in [-0.4, -0.2) is 23.3 Å². The normalized spacial score (nSPS) is 18.8. The van der Waals surface area contributed by atoms with Crippen LogP contribution in [0.1, 0.15) is 28.0 Å². The second kappa shape index (κ2) is 6.64. The third kappa shape index (κ3) is 3.31. The summed E-state index contributed by atoms with van der Waals surface area (Å²) in [6.07, 6.45) is 0.381. The number of fused-ring (bicyclic) bond motifs is 1. The van der Waals surface area contributed by atoms with Crippen LogP contribution in [-0.2, 0) is 11.2 Å². The topological polar surface area (TPSA) is 49.3 Å². The Bertz CT molecular complexity index is 612. The van der Waals surface area contributed by atoms with Crippen molar-refractivity contribution in [2.24, 2.45) is 0 Å². The number of thiophene rings is 1. The zero-order valence-corrected chi connectivity index (χ0v) is 13.1. The molecule has 2 atom stereocenters. The van der Waals surface area contributed by atoms with Gasteiger partial charge in [-0.3, -0.25) is 4.79 Å². The lowest BCUT2D eigenvalue weighted by molar-refractivity contribution is -0.121. The Morgan fingerprint density at radius 1 is 1.38 bits per heavy atom. The number of benzene rings is 1. The van der Waals surface area contributed by atoms with Gasteiger partial charge in [0, 0.05) is 6.54 Å². The molecular formula is C16H17NO2S2. The Kier molecular flexibility index (Phi) is 4.63. The molecule has 1 aliphatic heterocycles. The summed E-state index contributed by atoms with van der Waals surface area (Å²) in [4.78, 5) is 12.4. The largest absolute Gasteiger partial charge is 0.387 e. The summed E-state index contributed by atoms with van der Waals surface area (Å²) in [6, 6.07) is 10.00. The van der Waals surface area contributed by atoms with Crippen molar-refractivity contribution in [3.05, 3.63) is 57.8 Å². The van der Waals surface area contributed by atoms with E-state index in [2.05, 4.69) is 11.4 Å². The average Bonchev–Trinajstić information content (AvgIpc) is 3.06. The molecule has 21 heavy (non-hydrogen) atoms. The zero-order chi connectivity index (χ0) is 14.7. The first kappa shape index (κ1) is 14.6. The Hall–Kier alpha value is -1.30. The maximum Gasteiger partial charge on any atom is 0.237 e. The van der Waals surface area contributed by atoms with Gasteiger partial charge in [0.25, 0.3) is 0 Å². The molecule has 0 spiro atoms. The Labute approximate surface area is 132 Å². The molecule has 2 heterocycles. The fraction of sp³-hybridized carbons (Fsp3) is 0.312. The molecule has 2 N–H and O–H groups in total. The van der Waals surface area contributed by atoms with Crippen LogP contribution in [0.25, 0.3) is 0 Å². The first-order valence-corrected chi connectivity index (χ1v) is 8.92. The molecule has 0 saturated carbocycles. The maximum absolute atomic E-state index is 12.4. The quantitative estimate of drug-likeness (QED) is 0.911. The summed E-state index contributed by atoms with van der Waals surface area (Å²) >= 11 is 3.22. The fourth-order valence-corrected chi connectivity index (χ4v) is 4.41. The average molecular weight is 319 g/mol. The van der Waals surface area contributed by atoms with Crippen LogP contribution in [0.15, 0.2) is 41.1 Å². The Morgan fingerprint density at radius 2 is 2.24 bits per heavy atom. The van der Waals surface area contributed by atoms with Crippen LogP contribution in [0, 0.1) is 0 Å². The van der Waals surface area contributed by atoms with Gasteiger partial charge in [-0.15, -0.1) is 11.8 Å². The van der Waals surface area contributed by atoms with Crippen molar-refractivity contribution in [2.75, 3.05) is 12.3 Å². The summed E-state index contributed by atoms with van der Waals surface area (Å²) in [5.74, 6) is 0.948. The van der Waals surface area contributed by atoms with Gasteiger partial charge in [-0.05, 0) is 45.7 Å². The van der Waals surface area contributed by atoms with E-state index >= 15 is 0 Å². The lowest BCUT2D eigenvalue weighted by Crippen LogP contribution is -2.33. The second-order valence-electron chi connectivity index (χ2n) is 5.02. The predicted molar refractivity (Wildman–Crippen MR) is 87.6 cm³/mol. The number of aliphatic hydroxyl groups excluding tert-OH is 1. The van der Waals surface area contributed by atoms with Crippen LogP contribution in [0.3, 0.4) is 0 Å². The number of rotatable bonds is 4. The van der Waals surface area contributed by atoms with Gasteiger partial charge in [-0.2, -0.15) is 11.3 Å². The van der Waals surface area contributed by atoms with Crippen molar-refractivity contribution in [3.8, 4) is 0 Å². The molecule has 110 valence electrons. The molecular weight excluding hydrogens is 302 g/mol. The smallest absolute Gasteiger partial charge is 0.237 e. The highest BCUT2D eigenvalue weighted by Crippen LogP contribution is 2.36. The van der Waals surface area contributed by atoms with Gasteiger partial charge in [0.2, 0.25) is 5.91 Å². The van der Waals surface area contributed by atoms with Gasteiger partial charge in [-0.25, -0.2) is 0 Å². The molecule has 1 amide bonds. The monoisotopic (exact) mass is 319 g/mol. The number of carbonyl (C=O) groups excluding carboxylic acids is 1. The minimum absolute atomic E-state index is 0.0126. The molecule has 2 unspecified atom stereocenters. The van der Waals surface area contributed by atoms with Gasteiger partial charge in [0.15, 0.2) is 0 Å². The van der Waals surface area contributed by atoms with Crippen molar-refractivity contribution >= 4 is 29.0 Å². The van der Waals surface area contributed by atoms with E-state index in [0.717, 1.165) is 23.3 Å². The summed E-state index contributed by atoms with van der Waals surface area (Å²) < 4.78 is 0. The molecule has 0 saturated heterocycles.